The molecule has 110 valence electrons. The Bertz CT molecular complexity index is 620. The molecule has 2 heteroatoms. The van der Waals surface area contributed by atoms with E-state index in [9.17, 15) is 5.11 Å². The molecule has 1 atom stereocenters. The first kappa shape index (κ1) is 14.2. The summed E-state index contributed by atoms with van der Waals surface area (Å²) in [7, 11) is 0. The molecule has 0 bridgehead atoms. The van der Waals surface area contributed by atoms with Crippen molar-refractivity contribution in [2.75, 3.05) is 6.61 Å². The molecule has 2 nitrogen and oxygen atoms in total. The van der Waals surface area contributed by atoms with Crippen LogP contribution in [-0.2, 0) is 12.0 Å². The molecule has 1 aliphatic carbocycles. The van der Waals surface area contributed by atoms with Crippen LogP contribution in [0.2, 0.25) is 0 Å². The maximum absolute atomic E-state index is 11.4. The van der Waals surface area contributed by atoms with Gasteiger partial charge in [0.2, 0.25) is 0 Å². The Morgan fingerprint density at radius 2 is 1.95 bits per heavy atom. The first-order valence-corrected chi connectivity index (χ1v) is 7.78. The van der Waals surface area contributed by atoms with Crippen molar-refractivity contribution in [3.05, 3.63) is 65.2 Å². The first-order chi connectivity index (χ1) is 10.2. The van der Waals surface area contributed by atoms with Crippen molar-refractivity contribution < 1.29 is 9.84 Å². The van der Waals surface area contributed by atoms with E-state index >= 15 is 0 Å². The van der Waals surface area contributed by atoms with Crippen LogP contribution in [0.15, 0.2) is 48.5 Å². The molecule has 1 aliphatic rings. The second-order valence-corrected chi connectivity index (χ2v) is 5.69. The van der Waals surface area contributed by atoms with E-state index in [-0.39, 0.29) is 0 Å². The molecule has 0 fully saturated rings. The summed E-state index contributed by atoms with van der Waals surface area (Å²) in [5.41, 5.74) is 2.35. The van der Waals surface area contributed by atoms with Gasteiger partial charge in [-0.1, -0.05) is 36.4 Å². The van der Waals surface area contributed by atoms with Gasteiger partial charge in [-0.25, -0.2) is 0 Å². The van der Waals surface area contributed by atoms with Crippen LogP contribution >= 0.6 is 0 Å². The van der Waals surface area contributed by atoms with Crippen LogP contribution in [0.3, 0.4) is 0 Å². The molecule has 1 N–H and O–H groups in total. The number of ether oxygens (including phenoxy) is 1. The van der Waals surface area contributed by atoms with E-state index in [4.69, 9.17) is 4.74 Å². The van der Waals surface area contributed by atoms with E-state index in [2.05, 4.69) is 18.2 Å². The summed E-state index contributed by atoms with van der Waals surface area (Å²) in [4.78, 5) is 0. The van der Waals surface area contributed by atoms with Crippen LogP contribution in [0, 0.1) is 0 Å². The predicted molar refractivity (Wildman–Crippen MR) is 84.6 cm³/mol. The SMILES string of the molecule is CCOc1cccc(C2(O)CCCCc3ccccc32)c1. The van der Waals surface area contributed by atoms with Crippen molar-refractivity contribution in [2.45, 2.75) is 38.2 Å². The number of aryl methyl sites for hydroxylation is 1. The summed E-state index contributed by atoms with van der Waals surface area (Å²) in [5.74, 6) is 0.824. The second kappa shape index (κ2) is 5.90. The zero-order valence-electron chi connectivity index (χ0n) is 12.5. The minimum atomic E-state index is -0.903. The minimum Gasteiger partial charge on any atom is -0.494 e. The topological polar surface area (TPSA) is 29.5 Å². The third kappa shape index (κ3) is 2.68. The van der Waals surface area contributed by atoms with Crippen LogP contribution in [-0.4, -0.2) is 11.7 Å². The highest BCUT2D eigenvalue weighted by atomic mass is 16.5. The van der Waals surface area contributed by atoms with Crippen LogP contribution < -0.4 is 4.74 Å². The van der Waals surface area contributed by atoms with Gasteiger partial charge in [0.05, 0.1) is 6.61 Å². The Hall–Kier alpha value is -1.80. The summed E-state index contributed by atoms with van der Waals surface area (Å²) in [5, 5.41) is 11.4. The quantitative estimate of drug-likeness (QED) is 0.861. The Kier molecular flexibility index (Phi) is 3.98. The van der Waals surface area contributed by atoms with E-state index in [1.54, 1.807) is 0 Å². The number of hydrogen-bond donors (Lipinski definition) is 1. The van der Waals surface area contributed by atoms with Crippen molar-refractivity contribution in [1.29, 1.82) is 0 Å². The molecular weight excluding hydrogens is 260 g/mol. The number of aliphatic hydroxyl groups is 1. The zero-order chi connectivity index (χ0) is 14.7. The molecule has 2 aromatic carbocycles. The Balaban J connectivity index is 2.09. The van der Waals surface area contributed by atoms with Gasteiger partial charge in [0, 0.05) is 0 Å². The monoisotopic (exact) mass is 282 g/mol. The lowest BCUT2D eigenvalue weighted by Crippen LogP contribution is -2.27. The summed E-state index contributed by atoms with van der Waals surface area (Å²) >= 11 is 0. The standard InChI is InChI=1S/C19H22O2/c1-2-21-17-11-7-10-16(14-17)19(20)13-6-5-9-15-8-3-4-12-18(15)19/h3-4,7-8,10-12,14,20H,2,5-6,9,13H2,1H3. The summed E-state index contributed by atoms with van der Waals surface area (Å²) in [6, 6.07) is 16.2. The minimum absolute atomic E-state index is 0.637. The Morgan fingerprint density at radius 3 is 2.81 bits per heavy atom. The largest absolute Gasteiger partial charge is 0.494 e. The van der Waals surface area contributed by atoms with Gasteiger partial charge in [-0.05, 0) is 61.4 Å². The molecule has 0 aromatic heterocycles. The summed E-state index contributed by atoms with van der Waals surface area (Å²) in [6.07, 6.45) is 3.97. The van der Waals surface area contributed by atoms with Crippen molar-refractivity contribution in [3.8, 4) is 5.75 Å². The van der Waals surface area contributed by atoms with Crippen LogP contribution in [0.5, 0.6) is 5.75 Å². The number of fused-ring (bicyclic) bond motifs is 1. The molecule has 21 heavy (non-hydrogen) atoms. The maximum atomic E-state index is 11.4. The molecule has 3 rings (SSSR count). The number of benzene rings is 2. The fourth-order valence-corrected chi connectivity index (χ4v) is 3.28. The van der Waals surface area contributed by atoms with Crippen molar-refractivity contribution >= 4 is 0 Å². The normalized spacial score (nSPS) is 21.4. The van der Waals surface area contributed by atoms with Gasteiger partial charge < -0.3 is 9.84 Å². The highest BCUT2D eigenvalue weighted by molar-refractivity contribution is 5.44. The predicted octanol–water partition coefficient (Wildman–Crippen LogP) is 4.05. The highest BCUT2D eigenvalue weighted by Gasteiger charge is 2.34. The lowest BCUT2D eigenvalue weighted by Gasteiger charge is -2.30. The van der Waals surface area contributed by atoms with E-state index in [1.807, 2.05) is 37.3 Å². The third-order valence-corrected chi connectivity index (χ3v) is 4.32. The van der Waals surface area contributed by atoms with Crippen molar-refractivity contribution in [2.24, 2.45) is 0 Å². The molecule has 0 saturated carbocycles. The van der Waals surface area contributed by atoms with Crippen LogP contribution in [0.4, 0.5) is 0 Å². The average Bonchev–Trinajstić information content (AvgIpc) is 2.69. The van der Waals surface area contributed by atoms with Gasteiger partial charge >= 0.3 is 0 Å². The van der Waals surface area contributed by atoms with Gasteiger partial charge in [0.15, 0.2) is 0 Å². The fourth-order valence-electron chi connectivity index (χ4n) is 3.28. The molecule has 0 aliphatic heterocycles. The summed E-state index contributed by atoms with van der Waals surface area (Å²) < 4.78 is 5.59. The Morgan fingerprint density at radius 1 is 1.10 bits per heavy atom. The lowest BCUT2D eigenvalue weighted by molar-refractivity contribution is 0.0701. The van der Waals surface area contributed by atoms with Gasteiger partial charge in [0.25, 0.3) is 0 Å². The van der Waals surface area contributed by atoms with Crippen LogP contribution in [0.25, 0.3) is 0 Å². The third-order valence-electron chi connectivity index (χ3n) is 4.32. The smallest absolute Gasteiger partial charge is 0.119 e. The Labute approximate surface area is 126 Å². The molecule has 2 aromatic rings. The molecule has 0 radical (unpaired) electrons. The van der Waals surface area contributed by atoms with E-state index in [0.717, 1.165) is 42.6 Å². The average molecular weight is 282 g/mol. The molecule has 1 unspecified atom stereocenters. The van der Waals surface area contributed by atoms with Gasteiger partial charge in [-0.15, -0.1) is 0 Å². The molecular formula is C19H22O2. The second-order valence-electron chi connectivity index (χ2n) is 5.69. The lowest BCUT2D eigenvalue weighted by atomic mass is 9.82. The first-order valence-electron chi connectivity index (χ1n) is 7.78. The number of hydrogen-bond acceptors (Lipinski definition) is 2. The maximum Gasteiger partial charge on any atom is 0.119 e. The van der Waals surface area contributed by atoms with Gasteiger partial charge in [-0.2, -0.15) is 0 Å². The van der Waals surface area contributed by atoms with Gasteiger partial charge in [0.1, 0.15) is 11.4 Å². The van der Waals surface area contributed by atoms with Crippen LogP contribution in [0.1, 0.15) is 42.9 Å². The van der Waals surface area contributed by atoms with E-state index in [0.29, 0.717) is 6.61 Å². The molecule has 0 spiro atoms. The summed E-state index contributed by atoms with van der Waals surface area (Å²) in [6.45, 7) is 2.61. The highest BCUT2D eigenvalue weighted by Crippen LogP contribution is 2.40. The van der Waals surface area contributed by atoms with Gasteiger partial charge in [-0.3, -0.25) is 0 Å². The van der Waals surface area contributed by atoms with E-state index < -0.39 is 5.60 Å². The van der Waals surface area contributed by atoms with E-state index in [1.165, 1.54) is 5.56 Å². The van der Waals surface area contributed by atoms with Crippen molar-refractivity contribution in [1.82, 2.24) is 0 Å². The molecule has 0 amide bonds. The fraction of sp³-hybridized carbons (Fsp3) is 0.368. The molecule has 0 saturated heterocycles. The van der Waals surface area contributed by atoms with Crippen molar-refractivity contribution in [3.63, 3.8) is 0 Å². The number of rotatable bonds is 3. The molecule has 0 heterocycles. The zero-order valence-corrected chi connectivity index (χ0v) is 12.5.